The number of hydrogen-bond donors (Lipinski definition) is 2. The molecule has 0 spiro atoms. The Hall–Kier alpha value is -1.00. The average Bonchev–Trinajstić information content (AvgIpc) is 2.70. The highest BCUT2D eigenvalue weighted by Gasteiger charge is 2.03. The third kappa shape index (κ3) is 2.57. The molecule has 1 aromatic heterocycles. The van der Waals surface area contributed by atoms with E-state index in [1.54, 1.807) is 11.8 Å². The predicted octanol–water partition coefficient (Wildman–Crippen LogP) is 2.57. The van der Waals surface area contributed by atoms with Crippen molar-refractivity contribution in [3.63, 3.8) is 0 Å². The number of fused-ring (bicyclic) bond motifs is 1. The predicted molar refractivity (Wildman–Crippen MR) is 69.9 cm³/mol. The number of thioether (sulfide) groups is 1. The number of H-pyrrole nitrogens is 1. The molecule has 3 nitrogen and oxygen atoms in total. The van der Waals surface area contributed by atoms with Crippen LogP contribution in [0.1, 0.15) is 18.9 Å². The summed E-state index contributed by atoms with van der Waals surface area (Å²) < 4.78 is 0. The molecule has 3 N–H and O–H groups in total. The normalized spacial score (nSPS) is 11.1. The lowest BCUT2D eigenvalue weighted by Crippen LogP contribution is -1.99. The number of nitrogens with zero attached hydrogens (tertiary/aromatic N) is 1. The van der Waals surface area contributed by atoms with Crippen molar-refractivity contribution in [1.82, 2.24) is 9.97 Å². The number of aromatic amines is 1. The molecule has 0 unspecified atom stereocenters. The van der Waals surface area contributed by atoms with Crippen LogP contribution in [0.5, 0.6) is 0 Å². The van der Waals surface area contributed by atoms with Gasteiger partial charge in [-0.2, -0.15) is 0 Å². The molecule has 0 amide bonds. The van der Waals surface area contributed by atoms with E-state index in [0.29, 0.717) is 0 Å². The highest BCUT2D eigenvalue weighted by atomic mass is 32.2. The summed E-state index contributed by atoms with van der Waals surface area (Å²) in [6.07, 6.45) is 2.09. The molecule has 0 bridgehead atoms. The summed E-state index contributed by atoms with van der Waals surface area (Å²) in [4.78, 5) is 7.87. The zero-order chi connectivity index (χ0) is 11.4. The Balaban J connectivity index is 2.16. The number of nitrogens with one attached hydrogen (secondary N) is 1. The fraction of sp³-hybridized carbons (Fsp3) is 0.417. The Morgan fingerprint density at radius 3 is 3.06 bits per heavy atom. The molecule has 0 aliphatic rings. The third-order valence-corrected chi connectivity index (χ3v) is 3.48. The molecule has 4 heteroatoms. The van der Waals surface area contributed by atoms with Crippen LogP contribution in [0.2, 0.25) is 0 Å². The van der Waals surface area contributed by atoms with Gasteiger partial charge in [0.15, 0.2) is 5.16 Å². The van der Waals surface area contributed by atoms with Gasteiger partial charge in [0.25, 0.3) is 0 Å². The number of aryl methyl sites for hydroxylation is 1. The first kappa shape index (κ1) is 11.5. The van der Waals surface area contributed by atoms with Gasteiger partial charge in [0, 0.05) is 5.75 Å². The van der Waals surface area contributed by atoms with Crippen molar-refractivity contribution in [2.45, 2.75) is 24.9 Å². The van der Waals surface area contributed by atoms with Crippen molar-refractivity contribution in [3.8, 4) is 0 Å². The molecule has 2 aromatic rings. The van der Waals surface area contributed by atoms with E-state index < -0.39 is 0 Å². The van der Waals surface area contributed by atoms with Gasteiger partial charge in [0.05, 0.1) is 11.0 Å². The first-order valence-corrected chi connectivity index (χ1v) is 6.63. The van der Waals surface area contributed by atoms with Crippen LogP contribution in [0.15, 0.2) is 23.4 Å². The van der Waals surface area contributed by atoms with Crippen molar-refractivity contribution >= 4 is 22.8 Å². The summed E-state index contributed by atoms with van der Waals surface area (Å²) in [7, 11) is 0. The molecule has 2 rings (SSSR count). The van der Waals surface area contributed by atoms with Gasteiger partial charge in [-0.3, -0.25) is 0 Å². The summed E-state index contributed by atoms with van der Waals surface area (Å²) in [6, 6.07) is 6.39. The molecule has 1 aromatic carbocycles. The van der Waals surface area contributed by atoms with Crippen molar-refractivity contribution in [3.05, 3.63) is 23.8 Å². The van der Waals surface area contributed by atoms with Crippen LogP contribution in [0.25, 0.3) is 11.0 Å². The molecular weight excluding hydrogens is 218 g/mol. The van der Waals surface area contributed by atoms with Crippen molar-refractivity contribution < 1.29 is 0 Å². The number of nitrogens with two attached hydrogens (primary N) is 1. The molecule has 0 saturated heterocycles. The van der Waals surface area contributed by atoms with E-state index in [0.717, 1.165) is 41.3 Å². The highest BCUT2D eigenvalue weighted by Crippen LogP contribution is 2.20. The fourth-order valence-corrected chi connectivity index (χ4v) is 2.42. The Labute approximate surface area is 99.8 Å². The van der Waals surface area contributed by atoms with Gasteiger partial charge in [0.2, 0.25) is 0 Å². The second-order valence-corrected chi connectivity index (χ2v) is 4.82. The summed E-state index contributed by atoms with van der Waals surface area (Å²) in [5.74, 6) is 1.02. The van der Waals surface area contributed by atoms with Gasteiger partial charge in [-0.05, 0) is 37.1 Å². The van der Waals surface area contributed by atoms with E-state index in [-0.39, 0.29) is 0 Å². The lowest BCUT2D eigenvalue weighted by molar-refractivity contribution is 0.938. The van der Waals surface area contributed by atoms with E-state index in [1.165, 1.54) is 5.56 Å². The van der Waals surface area contributed by atoms with E-state index in [4.69, 9.17) is 5.73 Å². The largest absolute Gasteiger partial charge is 0.333 e. The molecular formula is C12H17N3S. The van der Waals surface area contributed by atoms with E-state index in [9.17, 15) is 0 Å². The minimum absolute atomic E-state index is 0.743. The molecule has 0 radical (unpaired) electrons. The second kappa shape index (κ2) is 5.37. The lowest BCUT2D eigenvalue weighted by atomic mass is 10.1. The van der Waals surface area contributed by atoms with Gasteiger partial charge in [0.1, 0.15) is 0 Å². The summed E-state index contributed by atoms with van der Waals surface area (Å²) in [6.45, 7) is 2.90. The Kier molecular flexibility index (Phi) is 3.85. The summed E-state index contributed by atoms with van der Waals surface area (Å²) >= 11 is 1.74. The third-order valence-electron chi connectivity index (χ3n) is 2.52. The second-order valence-electron chi connectivity index (χ2n) is 3.74. The number of aromatic nitrogens is 2. The van der Waals surface area contributed by atoms with Gasteiger partial charge in [-0.25, -0.2) is 4.98 Å². The molecule has 0 saturated carbocycles. The van der Waals surface area contributed by atoms with Crippen molar-refractivity contribution in [2.24, 2.45) is 5.73 Å². The molecule has 0 aliphatic carbocycles. The molecule has 86 valence electrons. The van der Waals surface area contributed by atoms with E-state index in [2.05, 4.69) is 35.1 Å². The van der Waals surface area contributed by atoms with E-state index in [1.807, 2.05) is 0 Å². The van der Waals surface area contributed by atoms with Gasteiger partial charge < -0.3 is 10.7 Å². The van der Waals surface area contributed by atoms with Crippen LogP contribution in [-0.2, 0) is 6.42 Å². The monoisotopic (exact) mass is 235 g/mol. The fourth-order valence-electron chi connectivity index (χ4n) is 1.57. The maximum absolute atomic E-state index is 5.46. The van der Waals surface area contributed by atoms with Crippen LogP contribution in [0, 0.1) is 0 Å². The number of rotatable bonds is 5. The Morgan fingerprint density at radius 1 is 1.44 bits per heavy atom. The lowest BCUT2D eigenvalue weighted by Gasteiger charge is -1.94. The minimum Gasteiger partial charge on any atom is -0.333 e. The van der Waals surface area contributed by atoms with Gasteiger partial charge >= 0.3 is 0 Å². The standard InChI is InChI=1S/C12H17N3S/c1-2-9-4-5-10-11(8-9)15-12(14-10)16-7-3-6-13/h4-5,8H,2-3,6-7,13H2,1H3,(H,14,15). The number of benzene rings is 1. The average molecular weight is 235 g/mol. The quantitative estimate of drug-likeness (QED) is 0.618. The number of hydrogen-bond acceptors (Lipinski definition) is 3. The highest BCUT2D eigenvalue weighted by molar-refractivity contribution is 7.99. The van der Waals surface area contributed by atoms with Crippen LogP contribution in [-0.4, -0.2) is 22.3 Å². The van der Waals surface area contributed by atoms with Gasteiger partial charge in [-0.15, -0.1) is 0 Å². The molecule has 0 atom stereocenters. The Morgan fingerprint density at radius 2 is 2.31 bits per heavy atom. The van der Waals surface area contributed by atoms with Crippen LogP contribution < -0.4 is 5.73 Å². The van der Waals surface area contributed by atoms with Crippen LogP contribution >= 0.6 is 11.8 Å². The molecule has 1 heterocycles. The molecule has 0 aliphatic heterocycles. The molecule has 16 heavy (non-hydrogen) atoms. The van der Waals surface area contributed by atoms with Gasteiger partial charge in [-0.1, -0.05) is 24.8 Å². The van der Waals surface area contributed by atoms with Crippen molar-refractivity contribution in [2.75, 3.05) is 12.3 Å². The minimum atomic E-state index is 0.743. The SMILES string of the molecule is CCc1ccc2nc(SCCCN)[nH]c2c1. The van der Waals surface area contributed by atoms with Crippen molar-refractivity contribution in [1.29, 1.82) is 0 Å². The smallest absolute Gasteiger partial charge is 0.166 e. The van der Waals surface area contributed by atoms with E-state index >= 15 is 0 Å². The summed E-state index contributed by atoms with van der Waals surface area (Å²) in [5.41, 5.74) is 8.99. The van der Waals surface area contributed by atoms with Crippen LogP contribution in [0.3, 0.4) is 0 Å². The zero-order valence-electron chi connectivity index (χ0n) is 9.49. The topological polar surface area (TPSA) is 54.7 Å². The maximum atomic E-state index is 5.46. The number of imidazole rings is 1. The molecule has 0 fully saturated rings. The first-order valence-electron chi connectivity index (χ1n) is 5.65. The maximum Gasteiger partial charge on any atom is 0.166 e. The summed E-state index contributed by atoms with van der Waals surface area (Å²) in [5, 5.41) is 0.997. The van der Waals surface area contributed by atoms with Crippen LogP contribution in [0.4, 0.5) is 0 Å². The zero-order valence-corrected chi connectivity index (χ0v) is 10.3. The first-order chi connectivity index (χ1) is 7.83. The Bertz CT molecular complexity index is 464.